The van der Waals surface area contributed by atoms with Crippen LogP contribution in [0.15, 0.2) is 66.7 Å². The number of nitrogens with one attached hydrogen (secondary N) is 7. The van der Waals surface area contributed by atoms with Crippen LogP contribution in [0.5, 0.6) is 0 Å². The molecular weight excluding hydrogens is 1340 g/mol. The zero-order valence-electron chi connectivity index (χ0n) is 62.3. The predicted molar refractivity (Wildman–Crippen MR) is 380 cm³/mol. The number of benzene rings is 2. The number of nitrogens with zero attached hydrogens (tertiary/aromatic N) is 4. The molecule has 0 saturated carbocycles. The molecule has 2 heterocycles. The molecule has 0 radical (unpaired) electrons. The maximum Gasteiger partial charge on any atom is 0.407 e. The Morgan fingerprint density at radius 3 is 1.91 bits per heavy atom. The lowest BCUT2D eigenvalue weighted by atomic mass is 9.89. The van der Waals surface area contributed by atoms with Crippen molar-refractivity contribution in [1.82, 2.24) is 51.5 Å². The fourth-order valence-electron chi connectivity index (χ4n) is 13.1. The number of aliphatic hydroxyl groups excluding tert-OH is 1. The number of carbonyl (C=O) groups excluding carboxylic acids is 11. The Kier molecular flexibility index (Phi) is 36.0. The Hall–Kier alpha value is -8.22. The van der Waals surface area contributed by atoms with Gasteiger partial charge in [-0.2, -0.15) is 13.2 Å². The molecule has 10 N–H and O–H groups in total. The maximum absolute atomic E-state index is 14.8. The number of carbonyl (C=O) groups is 11. The summed E-state index contributed by atoms with van der Waals surface area (Å²) in [6, 6.07) is 5.81. The van der Waals surface area contributed by atoms with Crippen molar-refractivity contribution in [2.24, 2.45) is 35.3 Å². The number of nitrogens with two attached hydrogens (primary N) is 1. The van der Waals surface area contributed by atoms with Crippen LogP contribution in [0, 0.1) is 29.6 Å². The van der Waals surface area contributed by atoms with E-state index < -0.39 is 156 Å². The van der Waals surface area contributed by atoms with Crippen LogP contribution in [0.2, 0.25) is 0 Å². The van der Waals surface area contributed by atoms with Gasteiger partial charge in [0.2, 0.25) is 41.4 Å². The highest BCUT2D eigenvalue weighted by molar-refractivity contribution is 6.12. The molecule has 4 rings (SSSR count). The predicted octanol–water partition coefficient (Wildman–Crippen LogP) is 6.38. The first kappa shape index (κ1) is 87.2. The summed E-state index contributed by atoms with van der Waals surface area (Å²) < 4.78 is 60.6. The molecule has 1 saturated heterocycles. The zero-order chi connectivity index (χ0) is 77.0. The number of hydrogen-bond donors (Lipinski definition) is 9. The van der Waals surface area contributed by atoms with Crippen molar-refractivity contribution >= 4 is 71.0 Å². The average Bonchev–Trinajstić information content (AvgIpc) is 1.80. The monoisotopic (exact) mass is 1450 g/mol. The molecule has 576 valence electrons. The quantitative estimate of drug-likeness (QED) is 0.0257. The lowest BCUT2D eigenvalue weighted by Crippen LogP contribution is -2.60. The summed E-state index contributed by atoms with van der Waals surface area (Å²) in [7, 11) is 6.13. The van der Waals surface area contributed by atoms with Gasteiger partial charge in [-0.3, -0.25) is 53.4 Å². The van der Waals surface area contributed by atoms with Crippen molar-refractivity contribution in [2.45, 2.75) is 226 Å². The smallest absolute Gasteiger partial charge is 0.407 e. The fraction of sp³-hybridized carbons (Fsp3) is 0.658. The molecule has 30 heteroatoms. The number of alkyl carbamates (subject to hydrolysis) is 1. The molecule has 1 fully saturated rings. The topological polar surface area (TPSA) is 359 Å². The van der Waals surface area contributed by atoms with Crippen LogP contribution in [0.4, 0.5) is 28.4 Å². The van der Waals surface area contributed by atoms with Crippen molar-refractivity contribution in [1.29, 1.82) is 0 Å². The number of rotatable bonds is 43. The highest BCUT2D eigenvalue weighted by Crippen LogP contribution is 2.31. The largest absolute Gasteiger partial charge is 0.445 e. The third-order valence-corrected chi connectivity index (χ3v) is 19.2. The van der Waals surface area contributed by atoms with Crippen molar-refractivity contribution in [3.8, 4) is 0 Å². The van der Waals surface area contributed by atoms with Crippen LogP contribution in [0.1, 0.15) is 164 Å². The van der Waals surface area contributed by atoms with E-state index in [2.05, 4.69) is 37.2 Å². The van der Waals surface area contributed by atoms with Gasteiger partial charge in [0.1, 0.15) is 30.8 Å². The van der Waals surface area contributed by atoms with E-state index in [0.717, 1.165) is 17.1 Å². The number of likely N-dealkylation sites (N-methyl/N-ethyl adjacent to an activating group) is 2. The molecule has 0 aromatic heterocycles. The first-order valence-corrected chi connectivity index (χ1v) is 35.8. The summed E-state index contributed by atoms with van der Waals surface area (Å²) in [5, 5.41) is 29.6. The minimum Gasteiger partial charge on any atom is -0.445 e. The number of likely N-dealkylation sites (tertiary alicyclic amines) is 1. The van der Waals surface area contributed by atoms with Crippen molar-refractivity contribution in [3.63, 3.8) is 0 Å². The van der Waals surface area contributed by atoms with Gasteiger partial charge < -0.3 is 71.7 Å². The van der Waals surface area contributed by atoms with Crippen LogP contribution < -0.4 is 43.0 Å². The van der Waals surface area contributed by atoms with Gasteiger partial charge in [0, 0.05) is 78.8 Å². The molecular formula is C73H113F3N12O15. The highest BCUT2D eigenvalue weighted by Gasteiger charge is 2.45. The number of anilines is 1. The number of methoxy groups -OCH3 is 2. The third-order valence-electron chi connectivity index (χ3n) is 19.2. The molecule has 2 aliphatic heterocycles. The van der Waals surface area contributed by atoms with Crippen molar-refractivity contribution in [2.75, 3.05) is 59.8 Å². The molecule has 2 aliphatic rings. The number of unbranched alkanes of at least 4 members (excludes halogenated alkanes) is 2. The van der Waals surface area contributed by atoms with E-state index in [9.17, 15) is 71.0 Å². The third kappa shape index (κ3) is 26.8. The molecule has 13 atom stereocenters. The number of hydrogen-bond acceptors (Lipinski definition) is 16. The Morgan fingerprint density at radius 2 is 1.34 bits per heavy atom. The minimum atomic E-state index is -4.76. The van der Waals surface area contributed by atoms with Crippen molar-refractivity contribution < 1.29 is 85.2 Å². The van der Waals surface area contributed by atoms with Crippen LogP contribution >= 0.6 is 0 Å². The van der Waals surface area contributed by atoms with Gasteiger partial charge >= 0.3 is 18.3 Å². The van der Waals surface area contributed by atoms with Crippen LogP contribution in [0.25, 0.3) is 0 Å². The molecule has 0 aliphatic carbocycles. The van der Waals surface area contributed by atoms with E-state index in [4.69, 9.17) is 19.9 Å². The van der Waals surface area contributed by atoms with Crippen LogP contribution in [-0.2, 0) is 64.0 Å². The Balaban J connectivity index is 1.30. The highest BCUT2D eigenvalue weighted by atomic mass is 19.4. The summed E-state index contributed by atoms with van der Waals surface area (Å²) in [4.78, 5) is 152. The number of urea groups is 1. The number of aliphatic hydroxyl groups is 1. The number of ether oxygens (including phenoxy) is 3. The molecule has 2 aromatic rings. The summed E-state index contributed by atoms with van der Waals surface area (Å²) in [5.41, 5.74) is 6.62. The molecule has 12 amide bonds. The van der Waals surface area contributed by atoms with Gasteiger partial charge in [-0.1, -0.05) is 124 Å². The summed E-state index contributed by atoms with van der Waals surface area (Å²) in [6.45, 7) is 18.0. The number of imide groups is 1. The number of primary amides is 1. The second kappa shape index (κ2) is 42.5. The lowest BCUT2D eigenvalue weighted by Gasteiger charge is -2.41. The molecule has 0 spiro atoms. The van der Waals surface area contributed by atoms with Crippen molar-refractivity contribution in [3.05, 3.63) is 77.9 Å². The molecule has 27 nitrogen and oxygen atoms in total. The Labute approximate surface area is 604 Å². The van der Waals surface area contributed by atoms with Gasteiger partial charge in [0.05, 0.1) is 54.8 Å². The van der Waals surface area contributed by atoms with E-state index in [0.29, 0.717) is 36.9 Å². The summed E-state index contributed by atoms with van der Waals surface area (Å²) in [5.74, 6) is -6.88. The van der Waals surface area contributed by atoms with E-state index in [1.165, 1.54) is 38.3 Å². The van der Waals surface area contributed by atoms with E-state index in [1.54, 1.807) is 96.5 Å². The van der Waals surface area contributed by atoms with Gasteiger partial charge in [-0.15, -0.1) is 0 Å². The Morgan fingerprint density at radius 1 is 0.709 bits per heavy atom. The van der Waals surface area contributed by atoms with Gasteiger partial charge in [-0.05, 0) is 98.8 Å². The summed E-state index contributed by atoms with van der Waals surface area (Å²) in [6.07, 6.45) is -3.53. The van der Waals surface area contributed by atoms with Gasteiger partial charge in [0.15, 0.2) is 0 Å². The second-order valence-corrected chi connectivity index (χ2v) is 27.9. The summed E-state index contributed by atoms with van der Waals surface area (Å²) >= 11 is 0. The lowest BCUT2D eigenvalue weighted by molar-refractivity contribution is -0.161. The fourth-order valence-corrected chi connectivity index (χ4v) is 13.1. The number of alkyl halides is 3. The van der Waals surface area contributed by atoms with Gasteiger partial charge in [0.25, 0.3) is 11.8 Å². The van der Waals surface area contributed by atoms with E-state index >= 15 is 0 Å². The maximum atomic E-state index is 14.8. The average molecular weight is 1460 g/mol. The Bertz CT molecular complexity index is 3130. The zero-order valence-corrected chi connectivity index (χ0v) is 62.3. The molecule has 2 aromatic carbocycles. The van der Waals surface area contributed by atoms with Gasteiger partial charge in [-0.25, -0.2) is 9.59 Å². The minimum absolute atomic E-state index is 0.0237. The standard InChI is InChI=1S/C73H113F3N12O15/c1-15-46(8)63(54(101-13)41-59(92)87-40-24-28-53(87)65(102-14)47(9)66(94)80-48(10)64(93)50-25-18-16-19-26-50)86(12)70(98)61(44(4)5)84-69(97)62(45(6)7)85(11)56(89)30-23-38-79-72(100)103-42-49-31-33-51(34-32-49)81-67(95)52(27-22-37-78-71(77)99)82-68(96)60(43(2)3)83-55(73(74,75)76)29-20-17-21-39-88-57(90)35-36-58(88)91/h16,18-19,25-26,31-36,43-48,52-55,60-65,83,93H,15,17,20-24,27-30,37-42H2,1-14H3,(H,79,100)(H,80,94)(H,81,95)(H,82,96)(H,84,97)(H3,77,78,99). The van der Waals surface area contributed by atoms with Crippen LogP contribution in [0.3, 0.4) is 0 Å². The molecule has 13 unspecified atom stereocenters. The van der Waals surface area contributed by atoms with E-state index in [1.807, 2.05) is 32.0 Å². The SMILES string of the molecule is CCC(C)C(C(CC(=O)N1CCCC1C(OC)C(C)C(=O)NC(C)C(O)c1ccccc1)OC)N(C)C(=O)C(NC(=O)C(C(C)C)N(C)C(=O)CCCNC(=O)OCc1ccc(NC(=O)C(CCCNC(N)=O)NC(=O)C(NC(CCCCCN2C(=O)C=CC2=O)C(F)(F)F)C(C)C)cc1)C(C)C. The van der Waals surface area contributed by atoms with Crippen LogP contribution in [-0.4, -0.2) is 211 Å². The second-order valence-electron chi connectivity index (χ2n) is 27.9. The normalized spacial score (nSPS) is 17.4. The van der Waals surface area contributed by atoms with E-state index in [-0.39, 0.29) is 101 Å². The number of halogens is 3. The first-order valence-electron chi connectivity index (χ1n) is 35.8. The molecule has 103 heavy (non-hydrogen) atoms. The number of amides is 12. The molecule has 0 bridgehead atoms. The first-order chi connectivity index (χ1) is 48.6.